The fraction of sp³-hybridized carbons (Fsp3) is 0.346. The number of piperidine rings is 1. The summed E-state index contributed by atoms with van der Waals surface area (Å²) in [7, 11) is 0. The Morgan fingerprint density at radius 2 is 1.86 bits per heavy atom. The highest BCUT2D eigenvalue weighted by Crippen LogP contribution is 2.34. The van der Waals surface area contributed by atoms with Crippen molar-refractivity contribution < 1.29 is 9.59 Å². The second-order valence-corrected chi connectivity index (χ2v) is 8.95. The van der Waals surface area contributed by atoms with Gasteiger partial charge in [0.1, 0.15) is 5.65 Å². The summed E-state index contributed by atoms with van der Waals surface area (Å²) >= 11 is 0. The van der Waals surface area contributed by atoms with Gasteiger partial charge in [-0.1, -0.05) is 6.58 Å². The lowest BCUT2D eigenvalue weighted by molar-refractivity contribution is -0.125. The molecule has 0 atom stereocenters. The summed E-state index contributed by atoms with van der Waals surface area (Å²) in [5.74, 6) is 0.506. The predicted octanol–water partition coefficient (Wildman–Crippen LogP) is 3.40. The maximum atomic E-state index is 10.9. The van der Waals surface area contributed by atoms with Gasteiger partial charge in [-0.25, -0.2) is 4.98 Å². The van der Waals surface area contributed by atoms with Crippen molar-refractivity contribution in [2.24, 2.45) is 0 Å². The van der Waals surface area contributed by atoms with Gasteiger partial charge < -0.3 is 14.8 Å². The molecular formula is C26H29N7O2. The van der Waals surface area contributed by atoms with Crippen LogP contribution in [0.3, 0.4) is 0 Å². The highest BCUT2D eigenvalue weighted by atomic mass is 16.2. The number of likely N-dealkylation sites (tertiary alicyclic amines) is 2. The first-order valence-corrected chi connectivity index (χ1v) is 12.1. The number of nitrogens with one attached hydrogen (secondary N) is 1. The van der Waals surface area contributed by atoms with Gasteiger partial charge in [-0.05, 0) is 61.6 Å². The fourth-order valence-electron chi connectivity index (χ4n) is 4.92. The molecule has 2 aliphatic rings. The summed E-state index contributed by atoms with van der Waals surface area (Å²) in [6.45, 7) is 6.88. The molecule has 6 heterocycles. The number of nitrogens with zero attached hydrogens (tertiary/aromatic N) is 6. The number of aromatic amines is 1. The SMILES string of the molecule is C=CC(=O)N1CCCC1.O=CN1CCC(c2cc3c(-c4cnn5ncccc45)ccnc3[nH]2)CC1. The Hall–Kier alpha value is -4.01. The molecule has 9 nitrogen and oxygen atoms in total. The van der Waals surface area contributed by atoms with Gasteiger partial charge in [0.25, 0.3) is 0 Å². The largest absolute Gasteiger partial charge is 0.345 e. The highest BCUT2D eigenvalue weighted by Gasteiger charge is 2.22. The third-order valence-corrected chi connectivity index (χ3v) is 6.86. The number of carbonyl (C=O) groups excluding carboxylic acids is 2. The molecule has 0 spiro atoms. The smallest absolute Gasteiger partial charge is 0.245 e. The Morgan fingerprint density at radius 1 is 1.06 bits per heavy atom. The molecule has 180 valence electrons. The zero-order chi connectivity index (χ0) is 24.2. The van der Waals surface area contributed by atoms with E-state index < -0.39 is 0 Å². The zero-order valence-corrected chi connectivity index (χ0v) is 19.6. The Morgan fingerprint density at radius 3 is 2.60 bits per heavy atom. The minimum Gasteiger partial charge on any atom is -0.345 e. The van der Waals surface area contributed by atoms with Crippen LogP contribution in [0.4, 0.5) is 0 Å². The van der Waals surface area contributed by atoms with Gasteiger partial charge in [-0.15, -0.1) is 0 Å². The van der Waals surface area contributed by atoms with E-state index in [1.54, 1.807) is 10.8 Å². The minimum atomic E-state index is 0.0764. The monoisotopic (exact) mass is 471 g/mol. The number of amides is 2. The van der Waals surface area contributed by atoms with Crippen molar-refractivity contribution in [3.63, 3.8) is 0 Å². The summed E-state index contributed by atoms with van der Waals surface area (Å²) in [6, 6.07) is 8.17. The first-order chi connectivity index (χ1) is 17.2. The van der Waals surface area contributed by atoms with Crippen LogP contribution in [0.2, 0.25) is 0 Å². The number of aromatic nitrogens is 5. The number of fused-ring (bicyclic) bond motifs is 2. The molecular weight excluding hydrogens is 442 g/mol. The molecule has 2 saturated heterocycles. The van der Waals surface area contributed by atoms with Crippen molar-refractivity contribution in [2.45, 2.75) is 31.6 Å². The summed E-state index contributed by atoms with van der Waals surface area (Å²) in [6.07, 6.45) is 12.0. The van der Waals surface area contributed by atoms with Gasteiger partial charge in [0.2, 0.25) is 12.3 Å². The van der Waals surface area contributed by atoms with E-state index >= 15 is 0 Å². The van der Waals surface area contributed by atoms with Crippen molar-refractivity contribution >= 4 is 28.9 Å². The number of carbonyl (C=O) groups is 2. The molecule has 6 rings (SSSR count). The van der Waals surface area contributed by atoms with Crippen molar-refractivity contribution in [3.05, 3.63) is 61.2 Å². The second kappa shape index (κ2) is 10.1. The Bertz CT molecular complexity index is 1340. The van der Waals surface area contributed by atoms with Gasteiger partial charge in [0.15, 0.2) is 0 Å². The van der Waals surface area contributed by atoms with E-state index in [9.17, 15) is 9.59 Å². The molecule has 4 aromatic heterocycles. The number of H-pyrrole nitrogens is 1. The lowest BCUT2D eigenvalue weighted by atomic mass is 9.93. The molecule has 0 radical (unpaired) electrons. The molecule has 0 bridgehead atoms. The van der Waals surface area contributed by atoms with Gasteiger partial charge >= 0.3 is 0 Å². The molecule has 0 saturated carbocycles. The Kier molecular flexibility index (Phi) is 6.56. The summed E-state index contributed by atoms with van der Waals surface area (Å²) < 4.78 is 1.64. The number of hydrogen-bond donors (Lipinski definition) is 1. The van der Waals surface area contributed by atoms with Crippen molar-refractivity contribution in [2.75, 3.05) is 26.2 Å². The van der Waals surface area contributed by atoms with Gasteiger partial charge in [0, 0.05) is 61.1 Å². The van der Waals surface area contributed by atoms with E-state index in [1.807, 2.05) is 40.4 Å². The van der Waals surface area contributed by atoms with Gasteiger partial charge in [-0.3, -0.25) is 9.59 Å². The highest BCUT2D eigenvalue weighted by molar-refractivity contribution is 5.97. The Labute approximate surface area is 203 Å². The molecule has 9 heteroatoms. The maximum absolute atomic E-state index is 10.9. The lowest BCUT2D eigenvalue weighted by Crippen LogP contribution is -2.31. The van der Waals surface area contributed by atoms with Crippen LogP contribution in [0.5, 0.6) is 0 Å². The van der Waals surface area contributed by atoms with E-state index in [2.05, 4.69) is 32.8 Å². The van der Waals surface area contributed by atoms with E-state index in [4.69, 9.17) is 0 Å². The van der Waals surface area contributed by atoms with E-state index in [0.29, 0.717) is 5.92 Å². The molecule has 2 aliphatic heterocycles. The lowest BCUT2D eigenvalue weighted by Gasteiger charge is -2.28. The number of hydrogen-bond acceptors (Lipinski definition) is 5. The van der Waals surface area contributed by atoms with Gasteiger partial charge in [-0.2, -0.15) is 14.8 Å². The zero-order valence-electron chi connectivity index (χ0n) is 19.6. The average Bonchev–Trinajstić information content (AvgIpc) is 3.68. The van der Waals surface area contributed by atoms with Gasteiger partial charge in [0.05, 0.1) is 11.7 Å². The van der Waals surface area contributed by atoms with Crippen LogP contribution in [0.25, 0.3) is 27.7 Å². The fourth-order valence-corrected chi connectivity index (χ4v) is 4.92. The van der Waals surface area contributed by atoms with Crippen molar-refractivity contribution in [1.82, 2.24) is 34.6 Å². The normalized spacial score (nSPS) is 16.3. The first-order valence-electron chi connectivity index (χ1n) is 12.1. The number of rotatable bonds is 4. The Balaban J connectivity index is 0.000000239. The molecule has 2 amide bonds. The standard InChI is InChI=1S/C19H18N6O.C7H11NO/c26-12-24-8-4-13(5-9-24)17-10-15-14(3-7-20-19(15)23-17)16-11-22-25-18(16)2-1-6-21-25;1-2-7(9)8-5-3-4-6-8/h1-3,6-7,10-13H,4-5,8-9H2,(H,20,23);2H,1,3-6H2. The summed E-state index contributed by atoms with van der Waals surface area (Å²) in [5.41, 5.74) is 5.21. The topological polar surface area (TPSA) is 99.5 Å². The molecule has 0 aliphatic carbocycles. The average molecular weight is 472 g/mol. The first kappa shape index (κ1) is 22.8. The molecule has 1 N–H and O–H groups in total. The third kappa shape index (κ3) is 4.66. The van der Waals surface area contributed by atoms with Crippen LogP contribution >= 0.6 is 0 Å². The van der Waals surface area contributed by atoms with Crippen LogP contribution in [-0.4, -0.2) is 73.1 Å². The summed E-state index contributed by atoms with van der Waals surface area (Å²) in [4.78, 5) is 33.4. The third-order valence-electron chi connectivity index (χ3n) is 6.86. The summed E-state index contributed by atoms with van der Waals surface area (Å²) in [5, 5.41) is 9.70. The van der Waals surface area contributed by atoms with Crippen LogP contribution in [-0.2, 0) is 9.59 Å². The van der Waals surface area contributed by atoms with Crippen LogP contribution in [0.1, 0.15) is 37.3 Å². The van der Waals surface area contributed by atoms with Crippen LogP contribution in [0, 0.1) is 0 Å². The predicted molar refractivity (Wildman–Crippen MR) is 134 cm³/mol. The van der Waals surface area contributed by atoms with E-state index in [0.717, 1.165) is 85.9 Å². The minimum absolute atomic E-state index is 0.0764. The number of pyridine rings is 1. The molecule has 0 aromatic carbocycles. The second-order valence-electron chi connectivity index (χ2n) is 8.95. The molecule has 4 aromatic rings. The van der Waals surface area contributed by atoms with E-state index in [-0.39, 0.29) is 5.91 Å². The van der Waals surface area contributed by atoms with Crippen molar-refractivity contribution in [1.29, 1.82) is 0 Å². The molecule has 0 unspecified atom stereocenters. The van der Waals surface area contributed by atoms with Crippen LogP contribution in [0.15, 0.2) is 55.5 Å². The molecule has 35 heavy (non-hydrogen) atoms. The van der Waals surface area contributed by atoms with Crippen LogP contribution < -0.4 is 0 Å². The quantitative estimate of drug-likeness (QED) is 0.363. The molecule has 2 fully saturated rings. The maximum Gasteiger partial charge on any atom is 0.245 e. The van der Waals surface area contributed by atoms with Crippen molar-refractivity contribution in [3.8, 4) is 11.1 Å². The van der Waals surface area contributed by atoms with E-state index in [1.165, 1.54) is 11.8 Å².